The quantitative estimate of drug-likeness (QED) is 0.539. The van der Waals surface area contributed by atoms with Gasteiger partial charge in [0.05, 0.1) is 0 Å². The molecule has 1 heterocycles. The Bertz CT molecular complexity index is 143. The highest BCUT2D eigenvalue weighted by Crippen LogP contribution is 1.99. The fraction of sp³-hybridized carbons (Fsp3) is 0.333. The third-order valence-electron chi connectivity index (χ3n) is 1.22. The molecule has 3 nitrogen and oxygen atoms in total. The molecule has 6 N–H and O–H groups in total. The molecule has 0 radical (unpaired) electrons. The second-order valence-electron chi connectivity index (χ2n) is 1.79. The molecule has 0 spiro atoms. The number of aromatic nitrogens is 1. The average molecular weight is 130 g/mol. The summed E-state index contributed by atoms with van der Waals surface area (Å²) in [5.74, 6) is 0. The van der Waals surface area contributed by atoms with E-state index in [1.54, 1.807) is 0 Å². The topological polar surface area (TPSA) is 82.3 Å². The maximum absolute atomic E-state index is 3.07. The molecule has 0 aliphatic rings. The van der Waals surface area contributed by atoms with Crippen LogP contribution in [0.3, 0.4) is 0 Å². The van der Waals surface area contributed by atoms with Crippen LogP contribution in [0.25, 0.3) is 0 Å². The Morgan fingerprint density at radius 2 is 1.89 bits per heavy atom. The van der Waals surface area contributed by atoms with Gasteiger partial charge in [-0.1, -0.05) is 0 Å². The van der Waals surface area contributed by atoms with E-state index >= 15 is 0 Å². The highest BCUT2D eigenvalue weighted by atomic mass is 16.0. The summed E-state index contributed by atoms with van der Waals surface area (Å²) < 4.78 is 0. The largest absolute Gasteiger partial charge is 0.412 e. The van der Waals surface area contributed by atoms with Gasteiger partial charge in [0, 0.05) is 11.9 Å². The Balaban J connectivity index is 0. The Kier molecular flexibility index (Phi) is 5.06. The molecular formula is C6H14N2O. The molecule has 1 aromatic rings. The molecule has 0 aliphatic carbocycles. The van der Waals surface area contributed by atoms with Crippen LogP contribution in [0.2, 0.25) is 0 Å². The number of hydrogen-bond donors (Lipinski definition) is 2. The van der Waals surface area contributed by atoms with E-state index in [1.807, 2.05) is 6.20 Å². The predicted molar refractivity (Wildman–Crippen MR) is 38.9 cm³/mol. The molecular weight excluding hydrogens is 116 g/mol. The lowest BCUT2D eigenvalue weighted by Crippen LogP contribution is -1.69. The van der Waals surface area contributed by atoms with Crippen LogP contribution < -0.4 is 6.15 Å². The van der Waals surface area contributed by atoms with Crippen molar-refractivity contribution in [1.29, 1.82) is 0 Å². The van der Waals surface area contributed by atoms with Crippen molar-refractivity contribution < 1.29 is 5.48 Å². The number of hydrogen-bond acceptors (Lipinski definition) is 1. The van der Waals surface area contributed by atoms with Crippen molar-refractivity contribution in [2.45, 2.75) is 13.8 Å². The van der Waals surface area contributed by atoms with E-state index in [-0.39, 0.29) is 11.6 Å². The lowest BCUT2D eigenvalue weighted by Gasteiger charge is -1.81. The summed E-state index contributed by atoms with van der Waals surface area (Å²) in [4.78, 5) is 3.07. The Morgan fingerprint density at radius 3 is 2.00 bits per heavy atom. The second-order valence-corrected chi connectivity index (χ2v) is 1.79. The molecule has 0 bridgehead atoms. The normalized spacial score (nSPS) is 7.33. The molecule has 1 rings (SSSR count). The van der Waals surface area contributed by atoms with Crippen molar-refractivity contribution >= 4 is 0 Å². The summed E-state index contributed by atoms with van der Waals surface area (Å²) in [5.41, 5.74) is 2.60. The minimum absolute atomic E-state index is 0. The Hall–Kier alpha value is -0.800. The lowest BCUT2D eigenvalue weighted by molar-refractivity contribution is 0.824. The molecule has 0 atom stereocenters. The molecule has 0 fully saturated rings. The fourth-order valence-corrected chi connectivity index (χ4v) is 0.531. The van der Waals surface area contributed by atoms with Gasteiger partial charge in [-0.3, -0.25) is 0 Å². The molecule has 0 saturated carbocycles. The first-order valence-electron chi connectivity index (χ1n) is 2.41. The van der Waals surface area contributed by atoms with Crippen molar-refractivity contribution in [2.75, 3.05) is 0 Å². The van der Waals surface area contributed by atoms with Gasteiger partial charge in [-0.05, 0) is 25.5 Å². The summed E-state index contributed by atoms with van der Waals surface area (Å²) in [6.45, 7) is 4.15. The molecule has 0 saturated heterocycles. The van der Waals surface area contributed by atoms with Crippen LogP contribution in [0.1, 0.15) is 11.3 Å². The van der Waals surface area contributed by atoms with Gasteiger partial charge in [0.25, 0.3) is 0 Å². The van der Waals surface area contributed by atoms with E-state index in [2.05, 4.69) is 24.9 Å². The van der Waals surface area contributed by atoms with Gasteiger partial charge in [0.1, 0.15) is 0 Å². The third kappa shape index (κ3) is 2.30. The van der Waals surface area contributed by atoms with Crippen LogP contribution in [0.4, 0.5) is 0 Å². The molecule has 9 heavy (non-hydrogen) atoms. The summed E-state index contributed by atoms with van der Waals surface area (Å²) in [5, 5.41) is 0. The van der Waals surface area contributed by atoms with E-state index in [4.69, 9.17) is 0 Å². The van der Waals surface area contributed by atoms with E-state index in [0.717, 1.165) is 0 Å². The Labute approximate surface area is 55.0 Å². The van der Waals surface area contributed by atoms with Crippen LogP contribution in [-0.4, -0.2) is 10.5 Å². The highest BCUT2D eigenvalue weighted by molar-refractivity contribution is 5.15. The standard InChI is InChI=1S/C6H9N.H3N.H2O/c1-5-3-4-7-6(5)2;;/h3-4,7H,1-2H3;1H3;1H2. The van der Waals surface area contributed by atoms with Crippen molar-refractivity contribution in [3.05, 3.63) is 23.5 Å². The second kappa shape index (κ2) is 4.12. The van der Waals surface area contributed by atoms with Crippen LogP contribution >= 0.6 is 0 Å². The van der Waals surface area contributed by atoms with Crippen LogP contribution in [0, 0.1) is 13.8 Å². The first-order chi connectivity index (χ1) is 3.30. The minimum atomic E-state index is 0. The SMILES string of the molecule is Cc1cc[nH]c1C.N.O. The van der Waals surface area contributed by atoms with Crippen molar-refractivity contribution in [1.82, 2.24) is 11.1 Å². The molecule has 0 aromatic carbocycles. The molecule has 54 valence electrons. The Morgan fingerprint density at radius 1 is 1.33 bits per heavy atom. The van der Waals surface area contributed by atoms with Crippen LogP contribution in [0.5, 0.6) is 0 Å². The summed E-state index contributed by atoms with van der Waals surface area (Å²) >= 11 is 0. The fourth-order valence-electron chi connectivity index (χ4n) is 0.531. The molecule has 1 aromatic heterocycles. The average Bonchev–Trinajstić information content (AvgIpc) is 1.91. The molecule has 0 aliphatic heterocycles. The zero-order valence-electron chi connectivity index (χ0n) is 5.86. The van der Waals surface area contributed by atoms with Crippen molar-refractivity contribution in [3.8, 4) is 0 Å². The van der Waals surface area contributed by atoms with E-state index < -0.39 is 0 Å². The van der Waals surface area contributed by atoms with Gasteiger partial charge in [-0.2, -0.15) is 0 Å². The van der Waals surface area contributed by atoms with Gasteiger partial charge in [-0.15, -0.1) is 0 Å². The summed E-state index contributed by atoms with van der Waals surface area (Å²) in [6.07, 6.45) is 1.95. The van der Waals surface area contributed by atoms with E-state index in [1.165, 1.54) is 11.3 Å². The molecule has 0 unspecified atom stereocenters. The van der Waals surface area contributed by atoms with Gasteiger partial charge >= 0.3 is 0 Å². The van der Waals surface area contributed by atoms with Gasteiger partial charge in [-0.25, -0.2) is 0 Å². The van der Waals surface area contributed by atoms with Crippen LogP contribution in [-0.2, 0) is 0 Å². The van der Waals surface area contributed by atoms with Crippen LogP contribution in [0.15, 0.2) is 12.3 Å². The van der Waals surface area contributed by atoms with Gasteiger partial charge in [0.15, 0.2) is 0 Å². The van der Waals surface area contributed by atoms with E-state index in [9.17, 15) is 0 Å². The number of aromatic amines is 1. The molecule has 3 heteroatoms. The maximum atomic E-state index is 3.07. The first-order valence-corrected chi connectivity index (χ1v) is 2.41. The van der Waals surface area contributed by atoms with Crippen molar-refractivity contribution in [2.24, 2.45) is 0 Å². The predicted octanol–water partition coefficient (Wildman–Crippen LogP) is 0.969. The highest BCUT2D eigenvalue weighted by Gasteiger charge is 1.85. The zero-order valence-corrected chi connectivity index (χ0v) is 5.86. The maximum Gasteiger partial charge on any atom is 0.0145 e. The number of nitrogens with one attached hydrogen (secondary N) is 1. The summed E-state index contributed by atoms with van der Waals surface area (Å²) in [7, 11) is 0. The zero-order chi connectivity index (χ0) is 5.28. The first kappa shape index (κ1) is 11.1. The van der Waals surface area contributed by atoms with Gasteiger partial charge in [0.2, 0.25) is 0 Å². The van der Waals surface area contributed by atoms with E-state index in [0.29, 0.717) is 0 Å². The van der Waals surface area contributed by atoms with Gasteiger partial charge < -0.3 is 16.6 Å². The van der Waals surface area contributed by atoms with Crippen molar-refractivity contribution in [3.63, 3.8) is 0 Å². The molecule has 0 amide bonds. The number of rotatable bonds is 0. The monoisotopic (exact) mass is 130 g/mol. The number of aryl methyl sites for hydroxylation is 2. The summed E-state index contributed by atoms with van der Waals surface area (Å²) in [6, 6.07) is 2.06. The smallest absolute Gasteiger partial charge is 0.0145 e. The third-order valence-corrected chi connectivity index (χ3v) is 1.22. The minimum Gasteiger partial charge on any atom is -0.412 e. The lowest BCUT2D eigenvalue weighted by atomic mass is 10.3. The number of H-pyrrole nitrogens is 1.